The fraction of sp³-hybridized carbons (Fsp3) is 0.0862. The van der Waals surface area contributed by atoms with Gasteiger partial charge in [-0.25, -0.2) is 4.79 Å². The van der Waals surface area contributed by atoms with E-state index < -0.39 is 0 Å². The fourth-order valence-corrected chi connectivity index (χ4v) is 10.9. The summed E-state index contributed by atoms with van der Waals surface area (Å²) >= 11 is 0. The zero-order valence-electron chi connectivity index (χ0n) is 34.0. The molecule has 2 unspecified atom stereocenters. The monoisotopic (exact) mass is 796 g/mol. The van der Waals surface area contributed by atoms with Crippen LogP contribution in [-0.2, 0) is 6.42 Å². The van der Waals surface area contributed by atoms with E-state index in [1.54, 1.807) is 0 Å². The van der Waals surface area contributed by atoms with Crippen molar-refractivity contribution in [3.63, 3.8) is 0 Å². The SMILES string of the molecule is O=c1oc2ccccc2c2cc3c(cc12)CC(c1ccc2c(c1)c1ccccc1n2-c1ccccc1)CC1CC=C(c2ccc4c(c2)c2ccccc2n4-c2ccccc2)C=C31. The quantitative estimate of drug-likeness (QED) is 0.131. The van der Waals surface area contributed by atoms with Gasteiger partial charge in [-0.15, -0.1) is 0 Å². The summed E-state index contributed by atoms with van der Waals surface area (Å²) in [6.07, 6.45) is 7.70. The van der Waals surface area contributed by atoms with Gasteiger partial charge in [-0.3, -0.25) is 0 Å². The van der Waals surface area contributed by atoms with Crippen LogP contribution in [0.3, 0.4) is 0 Å². The molecular formula is C58H40N2O2. The summed E-state index contributed by atoms with van der Waals surface area (Å²) in [7, 11) is 0. The van der Waals surface area contributed by atoms with E-state index >= 15 is 0 Å². The highest BCUT2D eigenvalue weighted by Crippen LogP contribution is 2.48. The van der Waals surface area contributed by atoms with Gasteiger partial charge in [0.15, 0.2) is 0 Å². The molecule has 4 heteroatoms. The van der Waals surface area contributed by atoms with Gasteiger partial charge in [0, 0.05) is 43.7 Å². The van der Waals surface area contributed by atoms with E-state index in [1.165, 1.54) is 77.0 Å². The number of hydrogen-bond acceptors (Lipinski definition) is 2. The molecule has 13 rings (SSSR count). The lowest BCUT2D eigenvalue weighted by molar-refractivity contribution is 0.527. The van der Waals surface area contributed by atoms with E-state index in [4.69, 9.17) is 4.42 Å². The molecule has 8 aromatic carbocycles. The Bertz CT molecular complexity index is 3750. The number of allylic oxidation sites excluding steroid dienone is 4. The van der Waals surface area contributed by atoms with E-state index in [9.17, 15) is 4.79 Å². The maximum Gasteiger partial charge on any atom is 0.344 e. The summed E-state index contributed by atoms with van der Waals surface area (Å²) in [5, 5.41) is 7.59. The van der Waals surface area contributed by atoms with Crippen molar-refractivity contribution in [2.24, 2.45) is 5.92 Å². The lowest BCUT2D eigenvalue weighted by Crippen LogP contribution is -2.10. The van der Waals surface area contributed by atoms with Crippen LogP contribution < -0.4 is 5.63 Å². The van der Waals surface area contributed by atoms with Gasteiger partial charge in [-0.05, 0) is 143 Å². The number of fused-ring (bicyclic) bond motifs is 12. The van der Waals surface area contributed by atoms with Crippen LogP contribution in [-0.4, -0.2) is 9.13 Å². The van der Waals surface area contributed by atoms with Crippen molar-refractivity contribution < 1.29 is 4.42 Å². The van der Waals surface area contributed by atoms with Gasteiger partial charge in [-0.2, -0.15) is 0 Å². The Kier molecular flexibility index (Phi) is 7.74. The number of benzene rings is 8. The Morgan fingerprint density at radius 3 is 1.79 bits per heavy atom. The normalized spacial score (nSPS) is 16.5. The number of aromatic nitrogens is 2. The third-order valence-corrected chi connectivity index (χ3v) is 13.8. The van der Waals surface area contributed by atoms with Crippen LogP contribution in [0.2, 0.25) is 0 Å². The molecular weight excluding hydrogens is 757 g/mol. The Morgan fingerprint density at radius 1 is 0.484 bits per heavy atom. The Morgan fingerprint density at radius 2 is 1.08 bits per heavy atom. The Labute approximate surface area is 357 Å². The van der Waals surface area contributed by atoms with Crippen LogP contribution in [0, 0.1) is 5.92 Å². The highest BCUT2D eigenvalue weighted by Gasteiger charge is 2.32. The summed E-state index contributed by atoms with van der Waals surface area (Å²) in [6, 6.07) is 65.3. The minimum atomic E-state index is -0.282. The van der Waals surface area contributed by atoms with Crippen molar-refractivity contribution >= 4 is 76.5 Å². The smallest absolute Gasteiger partial charge is 0.344 e. The molecule has 2 aliphatic carbocycles. The molecule has 62 heavy (non-hydrogen) atoms. The predicted molar refractivity (Wildman–Crippen MR) is 257 cm³/mol. The van der Waals surface area contributed by atoms with Crippen molar-refractivity contribution in [3.8, 4) is 11.4 Å². The van der Waals surface area contributed by atoms with Crippen molar-refractivity contribution in [2.75, 3.05) is 0 Å². The van der Waals surface area contributed by atoms with Gasteiger partial charge in [0.25, 0.3) is 0 Å². The van der Waals surface area contributed by atoms with Crippen LogP contribution in [0.15, 0.2) is 203 Å². The topological polar surface area (TPSA) is 40.1 Å². The van der Waals surface area contributed by atoms with Crippen molar-refractivity contribution in [2.45, 2.75) is 25.2 Å². The molecule has 0 amide bonds. The maximum atomic E-state index is 13.7. The van der Waals surface area contributed by atoms with Crippen LogP contribution in [0.25, 0.3) is 87.9 Å². The lowest BCUT2D eigenvalue weighted by atomic mass is 9.78. The molecule has 2 atom stereocenters. The van der Waals surface area contributed by atoms with Gasteiger partial charge >= 0.3 is 5.63 Å². The van der Waals surface area contributed by atoms with Gasteiger partial charge in [0.1, 0.15) is 5.58 Å². The number of para-hydroxylation sites is 5. The molecule has 0 spiro atoms. The average Bonchev–Trinajstić information content (AvgIpc) is 3.78. The molecule has 4 nitrogen and oxygen atoms in total. The second kappa shape index (κ2) is 13.7. The summed E-state index contributed by atoms with van der Waals surface area (Å²) in [6.45, 7) is 0. The zero-order valence-corrected chi connectivity index (χ0v) is 34.0. The van der Waals surface area contributed by atoms with E-state index in [0.717, 1.165) is 41.4 Å². The predicted octanol–water partition coefficient (Wildman–Crippen LogP) is 14.4. The Balaban J connectivity index is 0.976. The minimum Gasteiger partial charge on any atom is -0.422 e. The molecule has 11 aromatic rings. The first-order valence-corrected chi connectivity index (χ1v) is 21.7. The molecule has 3 heterocycles. The second-order valence-electron chi connectivity index (χ2n) is 17.2. The molecule has 0 bridgehead atoms. The summed E-state index contributed by atoms with van der Waals surface area (Å²) < 4.78 is 10.7. The first kappa shape index (κ1) is 35.1. The Hall–Kier alpha value is -7.69. The average molecular weight is 797 g/mol. The number of hydrogen-bond donors (Lipinski definition) is 0. The van der Waals surface area contributed by atoms with Crippen LogP contribution in [0.1, 0.15) is 41.0 Å². The molecule has 0 N–H and O–H groups in total. The summed E-state index contributed by atoms with van der Waals surface area (Å²) in [4.78, 5) is 13.7. The molecule has 0 saturated heterocycles. The van der Waals surface area contributed by atoms with E-state index in [0.29, 0.717) is 16.9 Å². The summed E-state index contributed by atoms with van der Waals surface area (Å²) in [5.74, 6) is 0.548. The van der Waals surface area contributed by atoms with Gasteiger partial charge in [0.05, 0.1) is 27.5 Å². The van der Waals surface area contributed by atoms with Gasteiger partial charge < -0.3 is 13.6 Å². The third kappa shape index (κ3) is 5.36. The van der Waals surface area contributed by atoms with Crippen molar-refractivity contribution in [1.29, 1.82) is 0 Å². The maximum absolute atomic E-state index is 13.7. The molecule has 2 aliphatic rings. The number of nitrogens with zero attached hydrogens (tertiary/aromatic N) is 2. The van der Waals surface area contributed by atoms with E-state index in [2.05, 4.69) is 185 Å². The fourth-order valence-electron chi connectivity index (χ4n) is 10.9. The molecule has 0 radical (unpaired) electrons. The van der Waals surface area contributed by atoms with Gasteiger partial charge in [0.2, 0.25) is 0 Å². The second-order valence-corrected chi connectivity index (χ2v) is 17.2. The molecule has 3 aromatic heterocycles. The van der Waals surface area contributed by atoms with Crippen LogP contribution >= 0.6 is 0 Å². The van der Waals surface area contributed by atoms with Gasteiger partial charge in [-0.1, -0.05) is 115 Å². The van der Waals surface area contributed by atoms with E-state index in [1.807, 2.05) is 18.2 Å². The largest absolute Gasteiger partial charge is 0.422 e. The lowest BCUT2D eigenvalue weighted by Gasteiger charge is -2.26. The van der Waals surface area contributed by atoms with Crippen molar-refractivity contribution in [3.05, 3.63) is 227 Å². The van der Waals surface area contributed by atoms with Crippen LogP contribution in [0.4, 0.5) is 0 Å². The molecule has 294 valence electrons. The molecule has 0 saturated carbocycles. The highest BCUT2D eigenvalue weighted by atomic mass is 16.4. The van der Waals surface area contributed by atoms with E-state index in [-0.39, 0.29) is 11.5 Å². The highest BCUT2D eigenvalue weighted by molar-refractivity contribution is 6.12. The standard InChI is InChI=1S/C58H40N2O2/c61-58-52-34-41-30-40(38-26-28-56-51(33-38)45-18-8-11-21-54(45)60(56)43-15-5-2-6-16-43)29-39-24-23-36(31-47(39)48(41)35-49(52)46-19-9-12-22-57(46)62-58)37-25-27-55-50(32-37)44-17-7-10-20-53(44)59(55)42-13-3-1-4-14-42/h1-23,25-28,31-35,39-40H,24,29-30H2. The number of rotatable bonds is 4. The van der Waals surface area contributed by atoms with Crippen molar-refractivity contribution in [1.82, 2.24) is 9.13 Å². The summed E-state index contributed by atoms with van der Waals surface area (Å²) in [5.41, 5.74) is 15.1. The first-order chi connectivity index (χ1) is 30.6. The molecule has 0 aliphatic heterocycles. The minimum absolute atomic E-state index is 0.244. The third-order valence-electron chi connectivity index (χ3n) is 13.8. The zero-order chi connectivity index (χ0) is 40.9. The molecule has 0 fully saturated rings. The first-order valence-electron chi connectivity index (χ1n) is 21.7. The van der Waals surface area contributed by atoms with Crippen LogP contribution in [0.5, 0.6) is 0 Å².